The molecule has 1 N–H and O–H groups in total. The maximum absolute atomic E-state index is 13.9. The number of anilines is 1. The summed E-state index contributed by atoms with van der Waals surface area (Å²) in [6.07, 6.45) is 1.16. The molecule has 1 atom stereocenters. The Labute approximate surface area is 158 Å². The molecule has 2 aromatic rings. The maximum atomic E-state index is 13.9. The molecule has 1 fully saturated rings. The Morgan fingerprint density at radius 3 is 2.84 bits per heavy atom. The van der Waals surface area contributed by atoms with Gasteiger partial charge < -0.3 is 5.32 Å². The van der Waals surface area contributed by atoms with Gasteiger partial charge in [-0.2, -0.15) is 4.31 Å². The SMILES string of the molecule is O=C(Nc1ccc(Br)cc1F)[C@@H]1CCCN(S(=O)(=O)c2cccs2)C1. The van der Waals surface area contributed by atoms with Gasteiger partial charge in [-0.05, 0) is 42.5 Å². The molecular formula is C16H16BrFN2O3S2. The zero-order valence-corrected chi connectivity index (χ0v) is 16.3. The molecule has 1 aliphatic heterocycles. The Bertz CT molecular complexity index is 872. The van der Waals surface area contributed by atoms with E-state index in [1.807, 2.05) is 0 Å². The van der Waals surface area contributed by atoms with Gasteiger partial charge in [0.05, 0.1) is 11.6 Å². The molecule has 1 amide bonds. The average molecular weight is 447 g/mol. The van der Waals surface area contributed by atoms with E-state index in [-0.39, 0.29) is 22.3 Å². The predicted molar refractivity (Wildman–Crippen MR) is 98.5 cm³/mol. The minimum absolute atomic E-state index is 0.0893. The molecule has 1 saturated heterocycles. The monoisotopic (exact) mass is 446 g/mol. The number of nitrogens with zero attached hydrogens (tertiary/aromatic N) is 1. The number of carbonyl (C=O) groups is 1. The van der Waals surface area contributed by atoms with Gasteiger partial charge in [0.1, 0.15) is 10.0 Å². The van der Waals surface area contributed by atoms with Gasteiger partial charge in [0.2, 0.25) is 5.91 Å². The number of rotatable bonds is 4. The minimum Gasteiger partial charge on any atom is -0.323 e. The molecule has 2 heterocycles. The van der Waals surface area contributed by atoms with Crippen LogP contribution in [0.4, 0.5) is 10.1 Å². The first-order chi connectivity index (χ1) is 11.9. The Balaban J connectivity index is 1.72. The van der Waals surface area contributed by atoms with Crippen LogP contribution >= 0.6 is 27.3 Å². The van der Waals surface area contributed by atoms with Crippen molar-refractivity contribution in [2.75, 3.05) is 18.4 Å². The number of thiophene rings is 1. The molecule has 0 bridgehead atoms. The standard InChI is InChI=1S/C16H16BrFN2O3S2/c17-12-5-6-14(13(18)9-12)19-16(21)11-3-1-7-20(10-11)25(22,23)15-4-2-8-24-15/h2,4-6,8-9,11H,1,3,7,10H2,(H,19,21)/t11-/m1/s1. The van der Waals surface area contributed by atoms with Crippen LogP contribution in [0, 0.1) is 11.7 Å². The Hall–Kier alpha value is -1.29. The average Bonchev–Trinajstić information content (AvgIpc) is 3.13. The van der Waals surface area contributed by atoms with Gasteiger partial charge in [0.25, 0.3) is 10.0 Å². The minimum atomic E-state index is -3.58. The smallest absolute Gasteiger partial charge is 0.252 e. The lowest BCUT2D eigenvalue weighted by atomic mass is 9.98. The zero-order valence-electron chi connectivity index (χ0n) is 13.1. The van der Waals surface area contributed by atoms with E-state index in [4.69, 9.17) is 0 Å². The van der Waals surface area contributed by atoms with E-state index in [1.54, 1.807) is 23.6 Å². The molecule has 0 unspecified atom stereocenters. The number of piperidine rings is 1. The summed E-state index contributed by atoms with van der Waals surface area (Å²) in [5, 5.41) is 4.27. The first-order valence-electron chi connectivity index (χ1n) is 7.67. The summed E-state index contributed by atoms with van der Waals surface area (Å²) in [5.41, 5.74) is 0.0893. The van der Waals surface area contributed by atoms with Gasteiger partial charge in [-0.15, -0.1) is 11.3 Å². The fraction of sp³-hybridized carbons (Fsp3) is 0.312. The number of amides is 1. The fourth-order valence-corrected chi connectivity index (χ4v) is 5.74. The van der Waals surface area contributed by atoms with E-state index in [2.05, 4.69) is 21.2 Å². The highest BCUT2D eigenvalue weighted by molar-refractivity contribution is 9.10. The summed E-state index contributed by atoms with van der Waals surface area (Å²) in [6, 6.07) is 7.61. The number of hydrogen-bond acceptors (Lipinski definition) is 4. The van der Waals surface area contributed by atoms with E-state index in [0.29, 0.717) is 23.9 Å². The van der Waals surface area contributed by atoms with Crippen LogP contribution in [0.15, 0.2) is 44.4 Å². The van der Waals surface area contributed by atoms with Crippen molar-refractivity contribution < 1.29 is 17.6 Å². The van der Waals surface area contributed by atoms with Crippen LogP contribution in [-0.4, -0.2) is 31.7 Å². The number of halogens is 2. The lowest BCUT2D eigenvalue weighted by Gasteiger charge is -2.30. The van der Waals surface area contributed by atoms with Crippen molar-refractivity contribution in [3.05, 3.63) is 46.0 Å². The van der Waals surface area contributed by atoms with Crippen molar-refractivity contribution in [3.8, 4) is 0 Å². The van der Waals surface area contributed by atoms with Crippen molar-refractivity contribution in [2.24, 2.45) is 5.92 Å². The fourth-order valence-electron chi connectivity index (χ4n) is 2.74. The predicted octanol–water partition coefficient (Wildman–Crippen LogP) is 3.69. The zero-order chi connectivity index (χ0) is 18.0. The third-order valence-corrected chi connectivity index (χ3v) is 7.76. The Morgan fingerprint density at radius 1 is 1.36 bits per heavy atom. The molecule has 1 aromatic heterocycles. The highest BCUT2D eigenvalue weighted by Crippen LogP contribution is 2.27. The number of hydrogen-bond donors (Lipinski definition) is 1. The third-order valence-electron chi connectivity index (χ3n) is 4.03. The van der Waals surface area contributed by atoms with Crippen LogP contribution in [0.5, 0.6) is 0 Å². The van der Waals surface area contributed by atoms with Gasteiger partial charge in [-0.3, -0.25) is 4.79 Å². The molecule has 0 aliphatic carbocycles. The summed E-state index contributed by atoms with van der Waals surface area (Å²) in [7, 11) is -3.58. The lowest BCUT2D eigenvalue weighted by Crippen LogP contribution is -2.43. The molecule has 9 heteroatoms. The third kappa shape index (κ3) is 4.11. The summed E-state index contributed by atoms with van der Waals surface area (Å²) >= 11 is 4.32. The second kappa shape index (κ2) is 7.53. The summed E-state index contributed by atoms with van der Waals surface area (Å²) < 4.78 is 41.3. The molecule has 134 valence electrons. The van der Waals surface area contributed by atoms with Crippen molar-refractivity contribution >= 4 is 48.9 Å². The number of benzene rings is 1. The first-order valence-corrected chi connectivity index (χ1v) is 10.8. The molecule has 0 spiro atoms. The van der Waals surface area contributed by atoms with Crippen LogP contribution in [0.2, 0.25) is 0 Å². The highest BCUT2D eigenvalue weighted by atomic mass is 79.9. The molecule has 5 nitrogen and oxygen atoms in total. The van der Waals surface area contributed by atoms with Crippen LogP contribution < -0.4 is 5.32 Å². The number of nitrogens with one attached hydrogen (secondary N) is 1. The molecule has 0 radical (unpaired) electrons. The maximum Gasteiger partial charge on any atom is 0.252 e. The van der Waals surface area contributed by atoms with Crippen LogP contribution in [0.25, 0.3) is 0 Å². The highest BCUT2D eigenvalue weighted by Gasteiger charge is 2.34. The summed E-state index contributed by atoms with van der Waals surface area (Å²) in [5.74, 6) is -1.42. The quantitative estimate of drug-likeness (QED) is 0.778. The van der Waals surface area contributed by atoms with Gasteiger partial charge in [-0.25, -0.2) is 12.8 Å². The number of carbonyl (C=O) groups excluding carboxylic acids is 1. The van der Waals surface area contributed by atoms with Gasteiger partial charge in [-0.1, -0.05) is 22.0 Å². The van der Waals surface area contributed by atoms with E-state index in [0.717, 1.165) is 11.3 Å². The van der Waals surface area contributed by atoms with Crippen molar-refractivity contribution in [2.45, 2.75) is 17.1 Å². The molecule has 0 saturated carbocycles. The van der Waals surface area contributed by atoms with Gasteiger partial charge in [0.15, 0.2) is 0 Å². The molecule has 1 aliphatic rings. The van der Waals surface area contributed by atoms with Crippen molar-refractivity contribution in [1.29, 1.82) is 0 Å². The summed E-state index contributed by atoms with van der Waals surface area (Å²) in [4.78, 5) is 12.5. The van der Waals surface area contributed by atoms with E-state index >= 15 is 0 Å². The molecule has 1 aromatic carbocycles. The summed E-state index contributed by atoms with van der Waals surface area (Å²) in [6.45, 7) is 0.487. The normalized spacial score (nSPS) is 18.9. The largest absolute Gasteiger partial charge is 0.323 e. The van der Waals surface area contributed by atoms with Crippen LogP contribution in [0.1, 0.15) is 12.8 Å². The van der Waals surface area contributed by atoms with Crippen molar-refractivity contribution in [3.63, 3.8) is 0 Å². The van der Waals surface area contributed by atoms with Crippen LogP contribution in [-0.2, 0) is 14.8 Å². The topological polar surface area (TPSA) is 66.5 Å². The van der Waals surface area contributed by atoms with E-state index < -0.39 is 21.8 Å². The van der Waals surface area contributed by atoms with Crippen molar-refractivity contribution in [1.82, 2.24) is 4.31 Å². The van der Waals surface area contributed by atoms with Gasteiger partial charge >= 0.3 is 0 Å². The second-order valence-corrected chi connectivity index (χ2v) is 9.78. The Morgan fingerprint density at radius 2 is 2.16 bits per heavy atom. The Kier molecular flexibility index (Phi) is 5.57. The van der Waals surface area contributed by atoms with Gasteiger partial charge in [0, 0.05) is 17.6 Å². The molecular weight excluding hydrogens is 431 g/mol. The molecule has 25 heavy (non-hydrogen) atoms. The van der Waals surface area contributed by atoms with Crippen LogP contribution in [0.3, 0.4) is 0 Å². The molecule has 3 rings (SSSR count). The lowest BCUT2D eigenvalue weighted by molar-refractivity contribution is -0.120. The first kappa shape index (κ1) is 18.5. The van der Waals surface area contributed by atoms with E-state index in [9.17, 15) is 17.6 Å². The second-order valence-electron chi connectivity index (χ2n) is 5.75. The number of sulfonamides is 1. The van der Waals surface area contributed by atoms with E-state index in [1.165, 1.54) is 16.4 Å².